The Balaban J connectivity index is 2.36. The molecule has 0 spiro atoms. The third kappa shape index (κ3) is 1.84. The van der Waals surface area contributed by atoms with Crippen molar-refractivity contribution in [1.82, 2.24) is 0 Å². The summed E-state index contributed by atoms with van der Waals surface area (Å²) < 4.78 is 0. The number of rotatable bonds is 1. The van der Waals surface area contributed by atoms with Crippen LogP contribution in [0.2, 0.25) is 0 Å². The Labute approximate surface area is 88.6 Å². The number of aromatic hydroxyl groups is 1. The van der Waals surface area contributed by atoms with Crippen molar-refractivity contribution in [3.05, 3.63) is 47.6 Å². The second kappa shape index (κ2) is 3.73. The van der Waals surface area contributed by atoms with E-state index in [0.29, 0.717) is 11.1 Å². The standard InChI is InChI=1S/C13H12O2/c1-9-6-7-11(13(9)15)8-10-4-2-3-5-12(10)14/h2-5,8,14H,1,6-7H2. The molecule has 76 valence electrons. The number of phenolic OH excluding ortho intramolecular Hbond substituents is 1. The molecule has 0 radical (unpaired) electrons. The summed E-state index contributed by atoms with van der Waals surface area (Å²) in [5.74, 6) is 0.230. The molecule has 2 heteroatoms. The normalized spacial score (nSPS) is 18.8. The number of allylic oxidation sites excluding steroid dienone is 2. The molecule has 0 bridgehead atoms. The Bertz CT molecular complexity index is 455. The highest BCUT2D eigenvalue weighted by molar-refractivity contribution is 6.13. The van der Waals surface area contributed by atoms with E-state index in [0.717, 1.165) is 18.4 Å². The molecule has 0 heterocycles. The third-order valence-electron chi connectivity index (χ3n) is 2.58. The third-order valence-corrected chi connectivity index (χ3v) is 2.58. The zero-order valence-electron chi connectivity index (χ0n) is 8.36. The number of Topliss-reactive ketones (excluding diaryl/α,β-unsaturated/α-hetero) is 1. The van der Waals surface area contributed by atoms with Crippen LogP contribution in [0.3, 0.4) is 0 Å². The van der Waals surface area contributed by atoms with E-state index in [1.807, 2.05) is 6.07 Å². The van der Waals surface area contributed by atoms with E-state index >= 15 is 0 Å². The van der Waals surface area contributed by atoms with Gasteiger partial charge >= 0.3 is 0 Å². The maximum Gasteiger partial charge on any atom is 0.184 e. The Hall–Kier alpha value is -1.83. The zero-order chi connectivity index (χ0) is 10.8. The SMILES string of the molecule is C=C1CCC(=Cc2ccccc2O)C1=O. The fourth-order valence-corrected chi connectivity index (χ4v) is 1.67. The first kappa shape index (κ1) is 9.71. The molecular formula is C13H12O2. The van der Waals surface area contributed by atoms with E-state index < -0.39 is 0 Å². The minimum atomic E-state index is 0.0262. The largest absolute Gasteiger partial charge is 0.507 e. The average molecular weight is 200 g/mol. The first-order chi connectivity index (χ1) is 7.18. The van der Waals surface area contributed by atoms with Gasteiger partial charge < -0.3 is 5.11 Å². The van der Waals surface area contributed by atoms with Crippen LogP contribution in [0.4, 0.5) is 0 Å². The van der Waals surface area contributed by atoms with Crippen molar-refractivity contribution < 1.29 is 9.90 Å². The van der Waals surface area contributed by atoms with Crippen LogP contribution in [-0.4, -0.2) is 10.9 Å². The Morgan fingerprint density at radius 2 is 2.00 bits per heavy atom. The minimum absolute atomic E-state index is 0.0262. The van der Waals surface area contributed by atoms with Crippen molar-refractivity contribution in [2.75, 3.05) is 0 Å². The van der Waals surface area contributed by atoms with Gasteiger partial charge in [0.1, 0.15) is 5.75 Å². The number of benzene rings is 1. The number of hydrogen-bond donors (Lipinski definition) is 1. The molecule has 1 fully saturated rings. The van der Waals surface area contributed by atoms with Crippen LogP contribution < -0.4 is 0 Å². The summed E-state index contributed by atoms with van der Waals surface area (Å²) in [7, 11) is 0. The number of carbonyl (C=O) groups is 1. The molecule has 2 nitrogen and oxygen atoms in total. The Morgan fingerprint density at radius 1 is 1.27 bits per heavy atom. The summed E-state index contributed by atoms with van der Waals surface area (Å²) in [5.41, 5.74) is 2.09. The van der Waals surface area contributed by atoms with Gasteiger partial charge in [-0.15, -0.1) is 0 Å². The smallest absolute Gasteiger partial charge is 0.184 e. The van der Waals surface area contributed by atoms with Crippen LogP contribution in [0.5, 0.6) is 5.75 Å². The molecule has 0 amide bonds. The lowest BCUT2D eigenvalue weighted by atomic mass is 10.1. The zero-order valence-corrected chi connectivity index (χ0v) is 8.36. The maximum atomic E-state index is 11.6. The quantitative estimate of drug-likeness (QED) is 0.708. The number of carbonyl (C=O) groups excluding carboxylic acids is 1. The average Bonchev–Trinajstić information content (AvgIpc) is 2.53. The Morgan fingerprint density at radius 3 is 2.60 bits per heavy atom. The second-order valence-corrected chi connectivity index (χ2v) is 3.66. The van der Waals surface area contributed by atoms with Gasteiger partial charge in [-0.3, -0.25) is 4.79 Å². The first-order valence-electron chi connectivity index (χ1n) is 4.89. The highest BCUT2D eigenvalue weighted by atomic mass is 16.3. The van der Waals surface area contributed by atoms with Crippen molar-refractivity contribution in [2.24, 2.45) is 0 Å². The number of para-hydroxylation sites is 1. The highest BCUT2D eigenvalue weighted by Crippen LogP contribution is 2.28. The van der Waals surface area contributed by atoms with E-state index in [-0.39, 0.29) is 11.5 Å². The van der Waals surface area contributed by atoms with Crippen molar-refractivity contribution in [2.45, 2.75) is 12.8 Å². The van der Waals surface area contributed by atoms with Crippen molar-refractivity contribution in [1.29, 1.82) is 0 Å². The molecule has 2 rings (SSSR count). The molecule has 0 atom stereocenters. The number of ketones is 1. The predicted molar refractivity (Wildman–Crippen MR) is 59.5 cm³/mol. The fraction of sp³-hybridized carbons (Fsp3) is 0.154. The predicted octanol–water partition coefficient (Wildman–Crippen LogP) is 2.69. The van der Waals surface area contributed by atoms with Crippen molar-refractivity contribution in [3.8, 4) is 5.75 Å². The summed E-state index contributed by atoms with van der Waals surface area (Å²) in [4.78, 5) is 11.6. The van der Waals surface area contributed by atoms with Gasteiger partial charge in [0.2, 0.25) is 0 Å². The van der Waals surface area contributed by atoms with Crippen LogP contribution in [0.15, 0.2) is 42.0 Å². The monoisotopic (exact) mass is 200 g/mol. The van der Waals surface area contributed by atoms with Gasteiger partial charge in [-0.05, 0) is 30.6 Å². The van der Waals surface area contributed by atoms with E-state index in [2.05, 4.69) is 6.58 Å². The second-order valence-electron chi connectivity index (χ2n) is 3.66. The number of phenols is 1. The van der Waals surface area contributed by atoms with Crippen LogP contribution in [-0.2, 0) is 4.79 Å². The maximum absolute atomic E-state index is 11.6. The lowest BCUT2D eigenvalue weighted by Crippen LogP contribution is -1.93. The van der Waals surface area contributed by atoms with E-state index in [1.165, 1.54) is 0 Å². The summed E-state index contributed by atoms with van der Waals surface area (Å²) in [6, 6.07) is 6.99. The molecule has 1 N–H and O–H groups in total. The molecule has 1 aliphatic rings. The van der Waals surface area contributed by atoms with Crippen LogP contribution >= 0.6 is 0 Å². The molecule has 1 aromatic carbocycles. The Kier molecular flexibility index (Phi) is 2.42. The van der Waals surface area contributed by atoms with E-state index in [9.17, 15) is 9.90 Å². The van der Waals surface area contributed by atoms with E-state index in [4.69, 9.17) is 0 Å². The van der Waals surface area contributed by atoms with Crippen molar-refractivity contribution >= 4 is 11.9 Å². The molecule has 1 aliphatic carbocycles. The summed E-state index contributed by atoms with van der Waals surface area (Å²) in [5, 5.41) is 9.54. The first-order valence-corrected chi connectivity index (χ1v) is 4.89. The van der Waals surface area contributed by atoms with Gasteiger partial charge in [-0.25, -0.2) is 0 Å². The van der Waals surface area contributed by atoms with Gasteiger partial charge in [-0.1, -0.05) is 24.8 Å². The van der Waals surface area contributed by atoms with E-state index in [1.54, 1.807) is 24.3 Å². The summed E-state index contributed by atoms with van der Waals surface area (Å²) in [6.07, 6.45) is 3.21. The molecule has 1 aromatic rings. The van der Waals surface area contributed by atoms with Crippen LogP contribution in [0.25, 0.3) is 6.08 Å². The van der Waals surface area contributed by atoms with Crippen molar-refractivity contribution in [3.63, 3.8) is 0 Å². The van der Waals surface area contributed by atoms with Gasteiger partial charge in [-0.2, -0.15) is 0 Å². The molecule has 0 aromatic heterocycles. The lowest BCUT2D eigenvalue weighted by molar-refractivity contribution is -0.111. The molecule has 1 saturated carbocycles. The van der Waals surface area contributed by atoms with Crippen LogP contribution in [0.1, 0.15) is 18.4 Å². The van der Waals surface area contributed by atoms with Crippen LogP contribution in [0, 0.1) is 0 Å². The molecular weight excluding hydrogens is 188 g/mol. The van der Waals surface area contributed by atoms with Gasteiger partial charge in [0.25, 0.3) is 0 Å². The molecule has 15 heavy (non-hydrogen) atoms. The minimum Gasteiger partial charge on any atom is -0.507 e. The summed E-state index contributed by atoms with van der Waals surface area (Å²) >= 11 is 0. The molecule has 0 aliphatic heterocycles. The highest BCUT2D eigenvalue weighted by Gasteiger charge is 2.21. The number of hydrogen-bond acceptors (Lipinski definition) is 2. The van der Waals surface area contributed by atoms with Gasteiger partial charge in [0.05, 0.1) is 0 Å². The molecule has 0 saturated heterocycles. The lowest BCUT2D eigenvalue weighted by Gasteiger charge is -1.99. The fourth-order valence-electron chi connectivity index (χ4n) is 1.67. The van der Waals surface area contributed by atoms with Gasteiger partial charge in [0.15, 0.2) is 5.78 Å². The molecule has 0 unspecified atom stereocenters. The van der Waals surface area contributed by atoms with Gasteiger partial charge in [0, 0.05) is 11.1 Å². The summed E-state index contributed by atoms with van der Waals surface area (Å²) in [6.45, 7) is 3.70. The topological polar surface area (TPSA) is 37.3 Å².